The fraction of sp³-hybridized carbons (Fsp3) is 0.550. The number of halogens is 1. The number of piperidine rings is 1. The van der Waals surface area contributed by atoms with E-state index in [0.717, 1.165) is 25.9 Å². The molecule has 1 N–H and O–H groups in total. The maximum absolute atomic E-state index is 12.8. The molecule has 1 atom stereocenters. The number of amides is 2. The zero-order valence-corrected chi connectivity index (χ0v) is 17.7. The van der Waals surface area contributed by atoms with Gasteiger partial charge in [-0.15, -0.1) is 10.2 Å². The normalized spacial score (nSPS) is 21.5. The van der Waals surface area contributed by atoms with Gasteiger partial charge in [0.2, 0.25) is 11.8 Å². The average Bonchev–Trinajstić information content (AvgIpc) is 3.25. The number of benzene rings is 1. The van der Waals surface area contributed by atoms with Gasteiger partial charge >= 0.3 is 6.03 Å². The van der Waals surface area contributed by atoms with Gasteiger partial charge in [0.15, 0.2) is 0 Å². The first-order chi connectivity index (χ1) is 13.9. The molecule has 8 nitrogen and oxygen atoms in total. The minimum atomic E-state index is -0.142. The number of ether oxygens (including phenoxy) is 1. The van der Waals surface area contributed by atoms with Crippen molar-refractivity contribution in [1.82, 2.24) is 20.0 Å². The number of hydrogen-bond acceptors (Lipinski definition) is 6. The first-order valence-electron chi connectivity index (χ1n) is 9.78. The van der Waals surface area contributed by atoms with Crippen LogP contribution in [0.2, 0.25) is 5.02 Å². The highest BCUT2D eigenvalue weighted by Crippen LogP contribution is 2.49. The van der Waals surface area contributed by atoms with Gasteiger partial charge in [-0.05, 0) is 43.5 Å². The third kappa shape index (κ3) is 3.91. The molecule has 1 aromatic carbocycles. The molecule has 2 saturated heterocycles. The number of anilines is 1. The molecule has 2 aliphatic heterocycles. The molecule has 1 unspecified atom stereocenters. The van der Waals surface area contributed by atoms with Gasteiger partial charge in [0.05, 0.1) is 18.7 Å². The van der Waals surface area contributed by atoms with E-state index in [1.807, 2.05) is 11.8 Å². The fourth-order valence-corrected chi connectivity index (χ4v) is 4.82. The van der Waals surface area contributed by atoms with Crippen molar-refractivity contribution in [3.63, 3.8) is 0 Å². The molecule has 29 heavy (non-hydrogen) atoms. The molecule has 2 aliphatic rings. The van der Waals surface area contributed by atoms with Crippen LogP contribution in [0, 0.1) is 12.3 Å². The van der Waals surface area contributed by atoms with Crippen LogP contribution in [0.3, 0.4) is 0 Å². The molecular formula is C20H26ClN5O3. The maximum Gasteiger partial charge on any atom is 0.321 e. The van der Waals surface area contributed by atoms with E-state index in [1.165, 1.54) is 0 Å². The Morgan fingerprint density at radius 3 is 2.76 bits per heavy atom. The van der Waals surface area contributed by atoms with Gasteiger partial charge in [0.25, 0.3) is 0 Å². The lowest BCUT2D eigenvalue weighted by Crippen LogP contribution is -2.47. The number of rotatable bonds is 3. The lowest BCUT2D eigenvalue weighted by molar-refractivity contribution is 0.110. The van der Waals surface area contributed by atoms with Crippen molar-refractivity contribution in [3.05, 3.63) is 35.0 Å². The number of likely N-dealkylation sites (N-methyl/N-ethyl adjacent to an activating group) is 1. The highest BCUT2D eigenvalue weighted by molar-refractivity contribution is 6.31. The summed E-state index contributed by atoms with van der Waals surface area (Å²) in [5, 5.41) is 11.8. The Morgan fingerprint density at radius 1 is 1.34 bits per heavy atom. The van der Waals surface area contributed by atoms with Crippen molar-refractivity contribution in [1.29, 1.82) is 0 Å². The second kappa shape index (κ2) is 7.84. The number of nitrogens with one attached hydrogen (secondary N) is 1. The van der Waals surface area contributed by atoms with E-state index < -0.39 is 0 Å². The Labute approximate surface area is 175 Å². The highest BCUT2D eigenvalue weighted by Gasteiger charge is 2.50. The van der Waals surface area contributed by atoms with Crippen molar-refractivity contribution >= 4 is 23.3 Å². The summed E-state index contributed by atoms with van der Waals surface area (Å²) in [5.41, 5.74) is 0.628. The molecule has 9 heteroatoms. The van der Waals surface area contributed by atoms with Crippen molar-refractivity contribution in [3.8, 4) is 5.75 Å². The van der Waals surface area contributed by atoms with Crippen LogP contribution in [0.4, 0.5) is 10.5 Å². The lowest BCUT2D eigenvalue weighted by atomic mass is 9.71. The SMILES string of the molecule is COc1ccc(Cl)cc1NC(=O)N1CCC2(CC1)CN(C)CC2c1nnc(C)o1. The van der Waals surface area contributed by atoms with E-state index >= 15 is 0 Å². The monoisotopic (exact) mass is 419 g/mol. The van der Waals surface area contributed by atoms with Crippen LogP contribution in [0.25, 0.3) is 0 Å². The molecule has 4 rings (SSSR count). The number of hydrogen-bond donors (Lipinski definition) is 1. The molecule has 0 aliphatic carbocycles. The number of aromatic nitrogens is 2. The Bertz CT molecular complexity index is 894. The molecule has 3 heterocycles. The smallest absolute Gasteiger partial charge is 0.321 e. The van der Waals surface area contributed by atoms with Crippen LogP contribution in [-0.4, -0.2) is 66.4 Å². The first-order valence-corrected chi connectivity index (χ1v) is 10.2. The molecule has 2 fully saturated rings. The third-order valence-electron chi connectivity index (χ3n) is 6.11. The lowest BCUT2D eigenvalue weighted by Gasteiger charge is -2.41. The van der Waals surface area contributed by atoms with Crippen molar-refractivity contribution in [2.24, 2.45) is 5.41 Å². The molecule has 2 amide bonds. The number of aryl methyl sites for hydroxylation is 1. The third-order valence-corrected chi connectivity index (χ3v) is 6.34. The number of carbonyl (C=O) groups excluding carboxylic acids is 1. The highest BCUT2D eigenvalue weighted by atomic mass is 35.5. The van der Waals surface area contributed by atoms with Gasteiger partial charge in [0, 0.05) is 38.1 Å². The van der Waals surface area contributed by atoms with Crippen LogP contribution in [-0.2, 0) is 0 Å². The van der Waals surface area contributed by atoms with E-state index in [0.29, 0.717) is 41.3 Å². The Morgan fingerprint density at radius 2 is 2.10 bits per heavy atom. The van der Waals surface area contributed by atoms with Crippen LogP contribution in [0.15, 0.2) is 22.6 Å². The summed E-state index contributed by atoms with van der Waals surface area (Å²) < 4.78 is 11.1. The minimum absolute atomic E-state index is 0.0538. The second-order valence-corrected chi connectivity index (χ2v) is 8.47. The molecule has 156 valence electrons. The largest absolute Gasteiger partial charge is 0.495 e. The molecule has 0 bridgehead atoms. The van der Waals surface area contributed by atoms with Crippen LogP contribution >= 0.6 is 11.6 Å². The van der Waals surface area contributed by atoms with Gasteiger partial charge in [-0.2, -0.15) is 0 Å². The number of likely N-dealkylation sites (tertiary alicyclic amines) is 2. The molecular weight excluding hydrogens is 394 g/mol. The van der Waals surface area contributed by atoms with E-state index in [4.69, 9.17) is 20.8 Å². The van der Waals surface area contributed by atoms with Gasteiger partial charge in [-0.1, -0.05) is 11.6 Å². The summed E-state index contributed by atoms with van der Waals surface area (Å²) in [6, 6.07) is 5.03. The summed E-state index contributed by atoms with van der Waals surface area (Å²) in [6.45, 7) is 5.03. The number of carbonyl (C=O) groups is 1. The predicted molar refractivity (Wildman–Crippen MR) is 110 cm³/mol. The van der Waals surface area contributed by atoms with E-state index in [9.17, 15) is 4.79 Å². The van der Waals surface area contributed by atoms with Crippen LogP contribution in [0.5, 0.6) is 5.75 Å². The fourth-order valence-electron chi connectivity index (χ4n) is 4.64. The summed E-state index contributed by atoms with van der Waals surface area (Å²) in [4.78, 5) is 17.0. The predicted octanol–water partition coefficient (Wildman–Crippen LogP) is 3.38. The number of nitrogens with zero attached hydrogens (tertiary/aromatic N) is 4. The maximum atomic E-state index is 12.8. The van der Waals surface area contributed by atoms with Crippen LogP contribution < -0.4 is 10.1 Å². The Hall–Kier alpha value is -2.32. The quantitative estimate of drug-likeness (QED) is 0.821. The average molecular weight is 420 g/mol. The van der Waals surface area contributed by atoms with E-state index in [-0.39, 0.29) is 17.4 Å². The topological polar surface area (TPSA) is 83.7 Å². The second-order valence-electron chi connectivity index (χ2n) is 8.03. The Kier molecular flexibility index (Phi) is 5.40. The van der Waals surface area contributed by atoms with Crippen molar-refractivity contribution in [2.45, 2.75) is 25.7 Å². The number of urea groups is 1. The van der Waals surface area contributed by atoms with E-state index in [1.54, 1.807) is 25.3 Å². The molecule has 1 spiro atoms. The van der Waals surface area contributed by atoms with Gasteiger partial charge in [-0.25, -0.2) is 4.79 Å². The van der Waals surface area contributed by atoms with Gasteiger partial charge in [-0.3, -0.25) is 0 Å². The zero-order chi connectivity index (χ0) is 20.6. The summed E-state index contributed by atoms with van der Waals surface area (Å²) in [5.74, 6) is 2.10. The summed E-state index contributed by atoms with van der Waals surface area (Å²) >= 11 is 6.07. The minimum Gasteiger partial charge on any atom is -0.495 e. The first kappa shape index (κ1) is 20.0. The summed E-state index contributed by atoms with van der Waals surface area (Å²) in [7, 11) is 3.69. The Balaban J connectivity index is 1.45. The molecule has 2 aromatic rings. The van der Waals surface area contributed by atoms with Gasteiger partial charge < -0.3 is 24.3 Å². The molecule has 1 aromatic heterocycles. The zero-order valence-electron chi connectivity index (χ0n) is 16.9. The molecule has 0 saturated carbocycles. The number of methoxy groups -OCH3 is 1. The molecule has 0 radical (unpaired) electrons. The van der Waals surface area contributed by atoms with Crippen molar-refractivity contribution < 1.29 is 13.9 Å². The van der Waals surface area contributed by atoms with Gasteiger partial charge in [0.1, 0.15) is 5.75 Å². The standard InChI is InChI=1S/C20H26ClN5O3/c1-13-23-24-18(29-13)15-11-25(2)12-20(15)6-8-26(9-7-20)19(27)22-16-10-14(21)4-5-17(16)28-3/h4-5,10,15H,6-9,11-12H2,1-3H3,(H,22,27). The van der Waals surface area contributed by atoms with Crippen molar-refractivity contribution in [2.75, 3.05) is 45.7 Å². The summed E-state index contributed by atoms with van der Waals surface area (Å²) in [6.07, 6.45) is 1.78. The van der Waals surface area contributed by atoms with Crippen LogP contribution in [0.1, 0.15) is 30.5 Å². The van der Waals surface area contributed by atoms with E-state index in [2.05, 4.69) is 27.5 Å².